The zero-order chi connectivity index (χ0) is 24.0. The van der Waals surface area contributed by atoms with Crippen LogP contribution in [0.25, 0.3) is 11.4 Å². The van der Waals surface area contributed by atoms with Gasteiger partial charge in [0, 0.05) is 26.6 Å². The zero-order valence-electron chi connectivity index (χ0n) is 19.8. The smallest absolute Gasteiger partial charge is 0.409 e. The lowest BCUT2D eigenvalue weighted by Gasteiger charge is -2.28. The maximum absolute atomic E-state index is 12.1. The van der Waals surface area contributed by atoms with Crippen molar-refractivity contribution in [1.82, 2.24) is 24.9 Å². The molecule has 0 unspecified atom stereocenters. The number of ether oxygens (including phenoxy) is 2. The normalized spacial score (nSPS) is 18.1. The fourth-order valence-electron chi connectivity index (χ4n) is 4.17. The maximum atomic E-state index is 12.1. The Balaban J connectivity index is 1.68. The quantitative estimate of drug-likeness (QED) is 0.606. The molecule has 0 aromatic carbocycles. The number of aliphatic carboxylic acids is 1. The topological polar surface area (TPSA) is 120 Å². The fourth-order valence-corrected chi connectivity index (χ4v) is 4.17. The SMILES string of the molecule is CCCN(C)C(=O)OCc1c(-c2ccc(OC[C@H]3CCCC[C@@H]3C(=O)O)c(C)n2)nnn1C. The molecule has 10 heteroatoms. The predicted molar refractivity (Wildman–Crippen MR) is 121 cm³/mol. The predicted octanol–water partition coefficient (Wildman–Crippen LogP) is 3.43. The summed E-state index contributed by atoms with van der Waals surface area (Å²) in [4.78, 5) is 29.8. The van der Waals surface area contributed by atoms with Crippen molar-refractivity contribution in [2.75, 3.05) is 20.2 Å². The molecule has 1 fully saturated rings. The summed E-state index contributed by atoms with van der Waals surface area (Å²) >= 11 is 0. The number of aromatic nitrogens is 4. The van der Waals surface area contributed by atoms with Gasteiger partial charge < -0.3 is 19.5 Å². The van der Waals surface area contributed by atoms with E-state index in [-0.39, 0.29) is 18.4 Å². The Morgan fingerprint density at radius 3 is 2.73 bits per heavy atom. The number of hydrogen-bond acceptors (Lipinski definition) is 7. The van der Waals surface area contributed by atoms with Crippen molar-refractivity contribution in [3.05, 3.63) is 23.5 Å². The third kappa shape index (κ3) is 6.00. The first-order valence-corrected chi connectivity index (χ1v) is 11.4. The van der Waals surface area contributed by atoms with Crippen LogP contribution in [0.5, 0.6) is 5.75 Å². The lowest BCUT2D eigenvalue weighted by atomic mass is 9.80. The second-order valence-corrected chi connectivity index (χ2v) is 8.56. The van der Waals surface area contributed by atoms with Crippen LogP contribution in [0.15, 0.2) is 12.1 Å². The Hall–Kier alpha value is -3.17. The van der Waals surface area contributed by atoms with Gasteiger partial charge in [-0.25, -0.2) is 14.5 Å². The lowest BCUT2D eigenvalue weighted by molar-refractivity contribution is -0.145. The van der Waals surface area contributed by atoms with Crippen LogP contribution in [0.2, 0.25) is 0 Å². The van der Waals surface area contributed by atoms with Gasteiger partial charge >= 0.3 is 12.1 Å². The molecule has 1 amide bonds. The summed E-state index contributed by atoms with van der Waals surface area (Å²) in [5.41, 5.74) is 2.45. The molecule has 1 aliphatic carbocycles. The molecule has 0 radical (unpaired) electrons. The first-order chi connectivity index (χ1) is 15.8. The van der Waals surface area contributed by atoms with Crippen molar-refractivity contribution >= 4 is 12.1 Å². The third-order valence-electron chi connectivity index (χ3n) is 6.11. The molecule has 2 atom stereocenters. The van der Waals surface area contributed by atoms with Gasteiger partial charge in [0.15, 0.2) is 0 Å². The molecule has 0 saturated heterocycles. The van der Waals surface area contributed by atoms with Crippen molar-refractivity contribution in [2.24, 2.45) is 18.9 Å². The molecule has 0 bridgehead atoms. The molecule has 3 rings (SSSR count). The number of nitrogens with zero attached hydrogens (tertiary/aromatic N) is 5. The molecular weight excluding hydrogens is 426 g/mol. The van der Waals surface area contributed by atoms with E-state index in [0.717, 1.165) is 25.7 Å². The van der Waals surface area contributed by atoms with Crippen molar-refractivity contribution in [2.45, 2.75) is 52.6 Å². The number of carbonyl (C=O) groups is 2. The van der Waals surface area contributed by atoms with E-state index >= 15 is 0 Å². The van der Waals surface area contributed by atoms with E-state index < -0.39 is 12.1 Å². The molecule has 180 valence electrons. The first-order valence-electron chi connectivity index (χ1n) is 11.4. The summed E-state index contributed by atoms with van der Waals surface area (Å²) in [5, 5.41) is 17.7. The summed E-state index contributed by atoms with van der Waals surface area (Å²) in [6.07, 6.45) is 3.98. The van der Waals surface area contributed by atoms with E-state index in [9.17, 15) is 14.7 Å². The molecule has 2 aromatic rings. The van der Waals surface area contributed by atoms with Gasteiger partial charge in [-0.15, -0.1) is 5.10 Å². The minimum atomic E-state index is -0.745. The molecular formula is C23H33N5O5. The number of rotatable bonds is 9. The summed E-state index contributed by atoms with van der Waals surface area (Å²) in [6.45, 7) is 4.84. The van der Waals surface area contributed by atoms with E-state index in [0.29, 0.717) is 48.1 Å². The van der Waals surface area contributed by atoms with Crippen molar-refractivity contribution < 1.29 is 24.2 Å². The summed E-state index contributed by atoms with van der Waals surface area (Å²) in [5.74, 6) is -0.480. The van der Waals surface area contributed by atoms with Gasteiger partial charge in [-0.05, 0) is 38.3 Å². The Labute approximate surface area is 193 Å². The monoisotopic (exact) mass is 459 g/mol. The average Bonchev–Trinajstić information content (AvgIpc) is 3.17. The van der Waals surface area contributed by atoms with Crippen molar-refractivity contribution in [3.63, 3.8) is 0 Å². The Morgan fingerprint density at radius 2 is 2.03 bits per heavy atom. The number of aryl methyl sites for hydroxylation is 2. The molecule has 1 aliphatic rings. The molecule has 2 aromatic heterocycles. The highest BCUT2D eigenvalue weighted by Gasteiger charge is 2.31. The van der Waals surface area contributed by atoms with E-state index in [1.165, 1.54) is 4.90 Å². The summed E-state index contributed by atoms with van der Waals surface area (Å²) in [7, 11) is 3.44. The first kappa shape index (κ1) is 24.5. The Bertz CT molecular complexity index is 976. The van der Waals surface area contributed by atoms with E-state index in [1.54, 1.807) is 24.8 Å². The number of carboxylic acids is 1. The van der Waals surface area contributed by atoms with Gasteiger partial charge in [-0.3, -0.25) is 4.79 Å². The standard InChI is InChI=1S/C23H33N5O5/c1-5-12-27(3)23(31)33-14-19-21(25-26-28(19)4)18-10-11-20(15(2)24-18)32-13-16-8-6-7-9-17(16)22(29)30/h10-11,16-17H,5-9,12-14H2,1-4H3,(H,29,30)/t16-,17+/m1/s1. The number of carbonyl (C=O) groups excluding carboxylic acids is 1. The highest BCUT2D eigenvalue weighted by Crippen LogP contribution is 2.32. The highest BCUT2D eigenvalue weighted by molar-refractivity contribution is 5.70. The van der Waals surface area contributed by atoms with Gasteiger partial charge in [0.1, 0.15) is 23.7 Å². The number of pyridine rings is 1. The van der Waals surface area contributed by atoms with Crippen LogP contribution in [0.4, 0.5) is 4.79 Å². The van der Waals surface area contributed by atoms with Crippen LogP contribution in [0.3, 0.4) is 0 Å². The van der Waals surface area contributed by atoms with Crippen LogP contribution in [0, 0.1) is 18.8 Å². The largest absolute Gasteiger partial charge is 0.491 e. The van der Waals surface area contributed by atoms with Crippen molar-refractivity contribution in [3.8, 4) is 17.1 Å². The molecule has 0 aliphatic heterocycles. The Morgan fingerprint density at radius 1 is 1.27 bits per heavy atom. The van der Waals surface area contributed by atoms with E-state index in [1.807, 2.05) is 19.9 Å². The van der Waals surface area contributed by atoms with Crippen LogP contribution < -0.4 is 4.74 Å². The second kappa shape index (κ2) is 11.1. The highest BCUT2D eigenvalue weighted by atomic mass is 16.6. The van der Waals surface area contributed by atoms with Gasteiger partial charge in [-0.2, -0.15) is 0 Å². The number of carboxylic acid groups (broad SMARTS) is 1. The van der Waals surface area contributed by atoms with Crippen LogP contribution >= 0.6 is 0 Å². The van der Waals surface area contributed by atoms with Gasteiger partial charge in [0.25, 0.3) is 0 Å². The van der Waals surface area contributed by atoms with Crippen LogP contribution in [0.1, 0.15) is 50.4 Å². The van der Waals surface area contributed by atoms with Crippen molar-refractivity contribution in [1.29, 1.82) is 0 Å². The molecule has 10 nitrogen and oxygen atoms in total. The Kier molecular flexibility index (Phi) is 8.24. The van der Waals surface area contributed by atoms with Gasteiger partial charge in [0.2, 0.25) is 0 Å². The summed E-state index contributed by atoms with van der Waals surface area (Å²) in [6, 6.07) is 3.60. The average molecular weight is 460 g/mol. The number of amides is 1. The van der Waals surface area contributed by atoms with Crippen LogP contribution in [-0.2, 0) is 23.2 Å². The molecule has 1 saturated carbocycles. The maximum Gasteiger partial charge on any atom is 0.409 e. The lowest BCUT2D eigenvalue weighted by Crippen LogP contribution is -2.31. The fraction of sp³-hybridized carbons (Fsp3) is 0.609. The second-order valence-electron chi connectivity index (χ2n) is 8.56. The van der Waals surface area contributed by atoms with Gasteiger partial charge in [0.05, 0.1) is 23.9 Å². The van der Waals surface area contributed by atoms with E-state index in [2.05, 4.69) is 15.3 Å². The third-order valence-corrected chi connectivity index (χ3v) is 6.11. The minimum absolute atomic E-state index is 0.00226. The number of hydrogen-bond donors (Lipinski definition) is 1. The molecule has 1 N–H and O–H groups in total. The zero-order valence-corrected chi connectivity index (χ0v) is 19.8. The molecule has 33 heavy (non-hydrogen) atoms. The summed E-state index contributed by atoms with van der Waals surface area (Å²) < 4.78 is 13.0. The minimum Gasteiger partial charge on any atom is -0.491 e. The van der Waals surface area contributed by atoms with Gasteiger partial charge in [-0.1, -0.05) is 25.0 Å². The van der Waals surface area contributed by atoms with Crippen LogP contribution in [-0.4, -0.2) is 62.2 Å². The molecule has 0 spiro atoms. The van der Waals surface area contributed by atoms with E-state index in [4.69, 9.17) is 9.47 Å². The molecule has 2 heterocycles.